The van der Waals surface area contributed by atoms with Crippen LogP contribution in [-0.2, 0) is 0 Å². The smallest absolute Gasteiger partial charge is 0.317 e. The minimum absolute atomic E-state index is 0.0887. The Hall–Kier alpha value is -3.21. The molecule has 2 heterocycles. The van der Waals surface area contributed by atoms with Gasteiger partial charge in [0.05, 0.1) is 12.2 Å². The van der Waals surface area contributed by atoms with E-state index in [4.69, 9.17) is 0 Å². The molecular formula is C23H20FN3O. The zero-order valence-corrected chi connectivity index (χ0v) is 15.5. The highest BCUT2D eigenvalue weighted by Crippen LogP contribution is 2.50. The van der Waals surface area contributed by atoms with Gasteiger partial charge in [0, 0.05) is 29.9 Å². The summed E-state index contributed by atoms with van der Waals surface area (Å²) >= 11 is 0. The molecule has 2 aromatic carbocycles. The summed E-state index contributed by atoms with van der Waals surface area (Å²) < 4.78 is 13.6. The van der Waals surface area contributed by atoms with Crippen molar-refractivity contribution in [2.45, 2.75) is 25.3 Å². The van der Waals surface area contributed by atoms with Crippen LogP contribution in [0.5, 0.6) is 0 Å². The number of urea groups is 1. The van der Waals surface area contributed by atoms with Crippen LogP contribution >= 0.6 is 0 Å². The van der Waals surface area contributed by atoms with Crippen molar-refractivity contribution in [3.63, 3.8) is 0 Å². The van der Waals surface area contributed by atoms with E-state index in [1.807, 2.05) is 36.1 Å². The fraction of sp³-hybridized carbons (Fsp3) is 0.217. The fourth-order valence-electron chi connectivity index (χ4n) is 4.53. The van der Waals surface area contributed by atoms with E-state index in [1.165, 1.54) is 23.4 Å². The molecule has 1 saturated heterocycles. The number of rotatable bonds is 2. The zero-order valence-electron chi connectivity index (χ0n) is 15.5. The maximum atomic E-state index is 13.6. The second-order valence-corrected chi connectivity index (χ2v) is 7.58. The number of anilines is 1. The summed E-state index contributed by atoms with van der Waals surface area (Å²) in [4.78, 5) is 18.8. The summed E-state index contributed by atoms with van der Waals surface area (Å²) in [5, 5.41) is 3.02. The Morgan fingerprint density at radius 3 is 2.79 bits per heavy atom. The minimum Gasteiger partial charge on any atom is -0.317 e. The number of aromatic nitrogens is 1. The molecular weight excluding hydrogens is 353 g/mol. The number of benzene rings is 2. The van der Waals surface area contributed by atoms with Gasteiger partial charge in [0.15, 0.2) is 0 Å². The molecule has 2 aliphatic rings. The molecule has 28 heavy (non-hydrogen) atoms. The van der Waals surface area contributed by atoms with Crippen molar-refractivity contribution in [3.05, 3.63) is 83.4 Å². The lowest BCUT2D eigenvalue weighted by molar-refractivity contribution is 0.205. The van der Waals surface area contributed by atoms with Crippen LogP contribution in [0.25, 0.3) is 11.1 Å². The van der Waals surface area contributed by atoms with Gasteiger partial charge in [0.2, 0.25) is 0 Å². The molecule has 2 amide bonds. The number of likely N-dealkylation sites (tertiary alicyclic amines) is 1. The Balaban J connectivity index is 1.39. The molecule has 5 rings (SSSR count). The summed E-state index contributed by atoms with van der Waals surface area (Å²) in [6, 6.07) is 15.6. The van der Waals surface area contributed by atoms with Gasteiger partial charge in [-0.05, 0) is 53.8 Å². The molecule has 140 valence electrons. The van der Waals surface area contributed by atoms with Gasteiger partial charge in [-0.1, -0.05) is 30.3 Å². The molecule has 0 saturated carbocycles. The van der Waals surface area contributed by atoms with Gasteiger partial charge in [0.25, 0.3) is 0 Å². The maximum Gasteiger partial charge on any atom is 0.322 e. The van der Waals surface area contributed by atoms with Crippen molar-refractivity contribution in [2.24, 2.45) is 0 Å². The van der Waals surface area contributed by atoms with E-state index in [2.05, 4.69) is 28.5 Å². The van der Waals surface area contributed by atoms with Crippen LogP contribution in [0.3, 0.4) is 0 Å². The lowest BCUT2D eigenvalue weighted by Crippen LogP contribution is -2.36. The highest BCUT2D eigenvalue weighted by Gasteiger charge is 2.44. The van der Waals surface area contributed by atoms with E-state index < -0.39 is 0 Å². The SMILES string of the molecule is Cc1ccc(NC(=O)N2CC3CC2c2ccccc23)cc1-c1cncc(F)c1. The number of hydrogen-bond acceptors (Lipinski definition) is 2. The summed E-state index contributed by atoms with van der Waals surface area (Å²) in [6.07, 6.45) is 3.82. The molecule has 0 spiro atoms. The third kappa shape index (κ3) is 2.74. The number of carbonyl (C=O) groups is 1. The largest absolute Gasteiger partial charge is 0.322 e. The summed E-state index contributed by atoms with van der Waals surface area (Å²) in [5.41, 5.74) is 5.91. The second-order valence-electron chi connectivity index (χ2n) is 7.58. The second kappa shape index (κ2) is 6.44. The van der Waals surface area contributed by atoms with E-state index in [1.54, 1.807) is 6.20 Å². The summed E-state index contributed by atoms with van der Waals surface area (Å²) in [5.74, 6) is 0.0528. The highest BCUT2D eigenvalue weighted by atomic mass is 19.1. The molecule has 3 aromatic rings. The predicted octanol–water partition coefficient (Wildman–Crippen LogP) is 5.27. The molecule has 1 aliphatic carbocycles. The highest BCUT2D eigenvalue weighted by molar-refractivity contribution is 5.91. The number of nitrogens with zero attached hydrogens (tertiary/aromatic N) is 2. The molecule has 5 heteroatoms. The number of carbonyl (C=O) groups excluding carboxylic acids is 1. The van der Waals surface area contributed by atoms with Crippen molar-refractivity contribution in [1.82, 2.24) is 9.88 Å². The average molecular weight is 373 g/mol. The van der Waals surface area contributed by atoms with Gasteiger partial charge < -0.3 is 10.2 Å². The predicted molar refractivity (Wildman–Crippen MR) is 107 cm³/mol. The lowest BCUT2D eigenvalue weighted by Gasteiger charge is -2.29. The van der Waals surface area contributed by atoms with Crippen LogP contribution in [0.15, 0.2) is 60.9 Å². The maximum absolute atomic E-state index is 13.6. The Bertz CT molecular complexity index is 1080. The van der Waals surface area contributed by atoms with Crippen LogP contribution in [0.4, 0.5) is 14.9 Å². The van der Waals surface area contributed by atoms with E-state index in [9.17, 15) is 9.18 Å². The number of fused-ring (bicyclic) bond motifs is 5. The molecule has 1 N–H and O–H groups in total. The average Bonchev–Trinajstić information content (AvgIpc) is 3.29. The van der Waals surface area contributed by atoms with Crippen molar-refractivity contribution in [3.8, 4) is 11.1 Å². The Labute approximate surface area is 163 Å². The fourth-order valence-corrected chi connectivity index (χ4v) is 4.53. The van der Waals surface area contributed by atoms with Crippen LogP contribution in [0.1, 0.15) is 35.1 Å². The van der Waals surface area contributed by atoms with Crippen molar-refractivity contribution in [1.29, 1.82) is 0 Å². The minimum atomic E-state index is -0.377. The first-order valence-corrected chi connectivity index (χ1v) is 9.48. The normalized spacial score (nSPS) is 19.6. The van der Waals surface area contributed by atoms with Gasteiger partial charge in [-0.15, -0.1) is 0 Å². The third-order valence-electron chi connectivity index (χ3n) is 5.86. The molecule has 2 unspecified atom stereocenters. The summed E-state index contributed by atoms with van der Waals surface area (Å²) in [6.45, 7) is 2.71. The van der Waals surface area contributed by atoms with E-state index in [-0.39, 0.29) is 17.9 Å². The van der Waals surface area contributed by atoms with Gasteiger partial charge in [0.1, 0.15) is 5.82 Å². The molecule has 1 aliphatic heterocycles. The molecule has 2 bridgehead atoms. The standard InChI is InChI=1S/C23H20FN3O/c1-14-6-7-18(10-21(14)15-8-17(24)12-25-11-15)26-23(28)27-13-16-9-22(27)20-5-3-2-4-19(16)20/h2-8,10-12,16,22H,9,13H2,1H3,(H,26,28). The first kappa shape index (κ1) is 16.9. The molecule has 1 fully saturated rings. The van der Waals surface area contributed by atoms with E-state index in [0.717, 1.165) is 24.1 Å². The number of nitrogens with one attached hydrogen (secondary N) is 1. The zero-order chi connectivity index (χ0) is 19.3. The van der Waals surface area contributed by atoms with Crippen LogP contribution in [0.2, 0.25) is 0 Å². The number of aryl methyl sites for hydroxylation is 1. The third-order valence-corrected chi connectivity index (χ3v) is 5.86. The van der Waals surface area contributed by atoms with Crippen LogP contribution in [-0.4, -0.2) is 22.5 Å². The monoisotopic (exact) mass is 373 g/mol. The Morgan fingerprint density at radius 1 is 1.14 bits per heavy atom. The van der Waals surface area contributed by atoms with Crippen LogP contribution < -0.4 is 5.32 Å². The first-order chi connectivity index (χ1) is 13.6. The Morgan fingerprint density at radius 2 is 1.96 bits per heavy atom. The lowest BCUT2D eigenvalue weighted by atomic mass is 9.99. The number of pyridine rings is 1. The number of amides is 2. The number of hydrogen-bond donors (Lipinski definition) is 1. The van der Waals surface area contributed by atoms with Gasteiger partial charge in [-0.3, -0.25) is 4.98 Å². The van der Waals surface area contributed by atoms with Crippen molar-refractivity contribution < 1.29 is 9.18 Å². The molecule has 4 nitrogen and oxygen atoms in total. The van der Waals surface area contributed by atoms with Crippen LogP contribution in [0, 0.1) is 12.7 Å². The van der Waals surface area contributed by atoms with E-state index >= 15 is 0 Å². The van der Waals surface area contributed by atoms with E-state index in [0.29, 0.717) is 17.2 Å². The number of halogens is 1. The molecule has 2 atom stereocenters. The van der Waals surface area contributed by atoms with Crippen molar-refractivity contribution >= 4 is 11.7 Å². The summed E-state index contributed by atoms with van der Waals surface area (Å²) in [7, 11) is 0. The first-order valence-electron chi connectivity index (χ1n) is 9.48. The topological polar surface area (TPSA) is 45.2 Å². The Kier molecular flexibility index (Phi) is 3.90. The van der Waals surface area contributed by atoms with Gasteiger partial charge >= 0.3 is 6.03 Å². The van der Waals surface area contributed by atoms with Gasteiger partial charge in [-0.2, -0.15) is 0 Å². The quantitative estimate of drug-likeness (QED) is 0.665. The van der Waals surface area contributed by atoms with Crippen molar-refractivity contribution in [2.75, 3.05) is 11.9 Å². The van der Waals surface area contributed by atoms with Gasteiger partial charge in [-0.25, -0.2) is 9.18 Å². The molecule has 1 aromatic heterocycles. The molecule has 0 radical (unpaired) electrons.